The largest absolute Gasteiger partial charge is 0.444 e. The molecule has 4 aromatic rings. The molecular weight excluding hydrogens is 432 g/mol. The third-order valence-electron chi connectivity index (χ3n) is 5.80. The molecule has 2 aromatic carbocycles. The van der Waals surface area contributed by atoms with Gasteiger partial charge in [0.05, 0.1) is 24.4 Å². The quantitative estimate of drug-likeness (QED) is 0.386. The van der Waals surface area contributed by atoms with Crippen LogP contribution in [0.15, 0.2) is 71.6 Å². The fourth-order valence-electron chi connectivity index (χ4n) is 3.96. The summed E-state index contributed by atoms with van der Waals surface area (Å²) < 4.78 is 5.47. The Morgan fingerprint density at radius 3 is 2.76 bits per heavy atom. The van der Waals surface area contributed by atoms with Gasteiger partial charge in [-0.3, -0.25) is 4.79 Å². The number of anilines is 3. The van der Waals surface area contributed by atoms with Gasteiger partial charge in [0.25, 0.3) is 5.91 Å². The van der Waals surface area contributed by atoms with E-state index in [1.807, 2.05) is 55.6 Å². The van der Waals surface area contributed by atoms with Crippen LogP contribution in [0.5, 0.6) is 0 Å². The Morgan fingerprint density at radius 2 is 2.00 bits per heavy atom. The van der Waals surface area contributed by atoms with Gasteiger partial charge in [-0.2, -0.15) is 4.98 Å². The van der Waals surface area contributed by atoms with Crippen molar-refractivity contribution in [3.8, 4) is 11.5 Å². The van der Waals surface area contributed by atoms with Gasteiger partial charge < -0.3 is 25.1 Å². The van der Waals surface area contributed by atoms with Crippen molar-refractivity contribution in [2.45, 2.75) is 12.5 Å². The smallest absolute Gasteiger partial charge is 0.253 e. The summed E-state index contributed by atoms with van der Waals surface area (Å²) in [6.07, 6.45) is 5.45. The van der Waals surface area contributed by atoms with E-state index in [-0.39, 0.29) is 18.6 Å². The molecule has 9 heteroatoms. The van der Waals surface area contributed by atoms with Gasteiger partial charge in [-0.15, -0.1) is 0 Å². The normalized spacial score (nSPS) is 13.9. The topological polar surface area (TPSA) is 116 Å². The molecule has 172 valence electrons. The first-order chi connectivity index (χ1) is 16.6. The van der Waals surface area contributed by atoms with Crippen molar-refractivity contribution >= 4 is 23.4 Å². The zero-order valence-corrected chi connectivity index (χ0v) is 18.6. The lowest BCUT2D eigenvalue weighted by Gasteiger charge is -2.25. The Labute approximate surface area is 196 Å². The van der Waals surface area contributed by atoms with E-state index in [1.165, 1.54) is 6.26 Å². The summed E-state index contributed by atoms with van der Waals surface area (Å²) in [4.78, 5) is 27.4. The predicted octanol–water partition coefficient (Wildman–Crippen LogP) is 3.65. The van der Waals surface area contributed by atoms with Gasteiger partial charge in [0, 0.05) is 31.0 Å². The molecule has 0 saturated heterocycles. The highest BCUT2D eigenvalue weighted by molar-refractivity contribution is 5.97. The number of aromatic nitrogens is 3. The van der Waals surface area contributed by atoms with Gasteiger partial charge in [-0.25, -0.2) is 9.97 Å². The number of amides is 1. The Balaban J connectivity index is 1.46. The van der Waals surface area contributed by atoms with Gasteiger partial charge in [0.15, 0.2) is 0 Å². The summed E-state index contributed by atoms with van der Waals surface area (Å²) in [6.45, 7) is 0.557. The number of nitrogens with zero attached hydrogens (tertiary/aromatic N) is 4. The average molecular weight is 457 g/mol. The molecule has 0 fully saturated rings. The van der Waals surface area contributed by atoms with Crippen LogP contribution in [0, 0.1) is 0 Å². The van der Waals surface area contributed by atoms with Crippen molar-refractivity contribution in [3.63, 3.8) is 0 Å². The van der Waals surface area contributed by atoms with Crippen LogP contribution in [0.1, 0.15) is 27.5 Å². The van der Waals surface area contributed by atoms with E-state index >= 15 is 0 Å². The standard InChI is InChI=1S/C25H24N6O3/c1-31-11-9-17-13-18(7-8-19(17)24(31)33)28-25-27-14-20(23-26-10-12-34-23)22(30-25)29-21(15-32)16-5-3-2-4-6-16/h2-8,10,12-14,21,32H,9,11,15H2,1H3,(H2,27,28,29,30)/t21-/m1/s1. The number of nitrogens with one attached hydrogen (secondary N) is 2. The number of likely N-dealkylation sites (N-methyl/N-ethyl adjacent to an activating group) is 1. The average Bonchev–Trinajstić information content (AvgIpc) is 3.40. The Kier molecular flexibility index (Phi) is 5.92. The molecule has 3 heterocycles. The van der Waals surface area contributed by atoms with Crippen molar-refractivity contribution in [1.29, 1.82) is 0 Å². The van der Waals surface area contributed by atoms with Crippen LogP contribution < -0.4 is 10.6 Å². The first-order valence-corrected chi connectivity index (χ1v) is 11.0. The van der Waals surface area contributed by atoms with Crippen LogP contribution >= 0.6 is 0 Å². The number of rotatable bonds is 7. The van der Waals surface area contributed by atoms with Crippen LogP contribution in [-0.4, -0.2) is 51.1 Å². The van der Waals surface area contributed by atoms with Crippen molar-refractivity contribution < 1.29 is 14.3 Å². The van der Waals surface area contributed by atoms with Crippen molar-refractivity contribution in [2.24, 2.45) is 0 Å². The van der Waals surface area contributed by atoms with Crippen LogP contribution in [0.25, 0.3) is 11.5 Å². The highest BCUT2D eigenvalue weighted by Gasteiger charge is 2.22. The van der Waals surface area contributed by atoms with Crippen LogP contribution in [0.2, 0.25) is 0 Å². The molecule has 5 rings (SSSR count). The van der Waals surface area contributed by atoms with Gasteiger partial charge in [0.1, 0.15) is 12.1 Å². The summed E-state index contributed by atoms with van der Waals surface area (Å²) in [5.74, 6) is 1.23. The number of benzene rings is 2. The SMILES string of the molecule is CN1CCc2cc(Nc3ncc(-c4ncco4)c(N[C@H](CO)c4ccccc4)n3)ccc2C1=O. The van der Waals surface area contributed by atoms with Crippen LogP contribution in [-0.2, 0) is 6.42 Å². The van der Waals surface area contributed by atoms with Gasteiger partial charge in [0.2, 0.25) is 11.8 Å². The van der Waals surface area contributed by atoms with Crippen LogP contribution in [0.4, 0.5) is 17.5 Å². The number of hydrogen-bond donors (Lipinski definition) is 3. The molecule has 2 aromatic heterocycles. The lowest BCUT2D eigenvalue weighted by Crippen LogP contribution is -2.34. The Hall–Kier alpha value is -4.24. The molecule has 0 unspecified atom stereocenters. The monoisotopic (exact) mass is 456 g/mol. The summed E-state index contributed by atoms with van der Waals surface area (Å²) in [7, 11) is 1.81. The predicted molar refractivity (Wildman–Crippen MR) is 128 cm³/mol. The zero-order valence-electron chi connectivity index (χ0n) is 18.6. The minimum absolute atomic E-state index is 0.0294. The molecule has 34 heavy (non-hydrogen) atoms. The second-order valence-corrected chi connectivity index (χ2v) is 8.06. The summed E-state index contributed by atoms with van der Waals surface area (Å²) in [5.41, 5.74) is 3.99. The number of oxazole rings is 1. The first kappa shape index (κ1) is 21.6. The molecule has 0 spiro atoms. The molecular formula is C25H24N6O3. The molecule has 0 saturated carbocycles. The molecule has 0 radical (unpaired) electrons. The molecule has 1 aliphatic rings. The van der Waals surface area contributed by atoms with E-state index in [2.05, 4.69) is 25.6 Å². The number of carbonyl (C=O) groups is 1. The fourth-order valence-corrected chi connectivity index (χ4v) is 3.96. The van der Waals surface area contributed by atoms with Gasteiger partial charge >= 0.3 is 0 Å². The van der Waals surface area contributed by atoms with E-state index < -0.39 is 0 Å². The highest BCUT2D eigenvalue weighted by atomic mass is 16.3. The minimum Gasteiger partial charge on any atom is -0.444 e. The minimum atomic E-state index is -0.385. The van der Waals surface area contributed by atoms with Crippen LogP contribution in [0.3, 0.4) is 0 Å². The highest BCUT2D eigenvalue weighted by Crippen LogP contribution is 2.30. The van der Waals surface area contributed by atoms with Gasteiger partial charge in [-0.1, -0.05) is 30.3 Å². The third kappa shape index (κ3) is 4.33. The molecule has 1 amide bonds. The number of hydrogen-bond acceptors (Lipinski definition) is 8. The molecule has 1 aliphatic heterocycles. The summed E-state index contributed by atoms with van der Waals surface area (Å²) >= 11 is 0. The summed E-state index contributed by atoms with van der Waals surface area (Å²) in [5, 5.41) is 16.5. The fraction of sp³-hybridized carbons (Fsp3) is 0.200. The molecule has 0 aliphatic carbocycles. The molecule has 3 N–H and O–H groups in total. The lowest BCUT2D eigenvalue weighted by atomic mass is 9.99. The van der Waals surface area contributed by atoms with Crippen molar-refractivity contribution in [2.75, 3.05) is 30.8 Å². The third-order valence-corrected chi connectivity index (χ3v) is 5.80. The maximum Gasteiger partial charge on any atom is 0.253 e. The van der Waals surface area contributed by atoms with Crippen molar-refractivity contribution in [3.05, 3.63) is 83.9 Å². The van der Waals surface area contributed by atoms with E-state index in [4.69, 9.17) is 4.42 Å². The number of aliphatic hydroxyl groups excluding tert-OH is 1. The lowest BCUT2D eigenvalue weighted by molar-refractivity contribution is 0.0781. The first-order valence-electron chi connectivity index (χ1n) is 11.0. The van der Waals surface area contributed by atoms with Crippen molar-refractivity contribution in [1.82, 2.24) is 19.9 Å². The Bertz CT molecular complexity index is 1290. The molecule has 1 atom stereocenters. The Morgan fingerprint density at radius 1 is 1.15 bits per heavy atom. The molecule has 0 bridgehead atoms. The number of fused-ring (bicyclic) bond motifs is 1. The van der Waals surface area contributed by atoms with Gasteiger partial charge in [-0.05, 0) is 35.7 Å². The number of carbonyl (C=O) groups excluding carboxylic acids is 1. The summed E-state index contributed by atoms with van der Waals surface area (Å²) in [6, 6.07) is 14.9. The molecule has 9 nitrogen and oxygen atoms in total. The number of aliphatic hydroxyl groups is 1. The zero-order chi connectivity index (χ0) is 23.5. The second-order valence-electron chi connectivity index (χ2n) is 8.06. The maximum atomic E-state index is 12.4. The van der Waals surface area contributed by atoms with E-state index in [0.29, 0.717) is 29.8 Å². The second kappa shape index (κ2) is 9.32. The maximum absolute atomic E-state index is 12.4. The van der Waals surface area contributed by atoms with E-state index in [0.717, 1.165) is 28.8 Å². The van der Waals surface area contributed by atoms with E-state index in [9.17, 15) is 9.90 Å². The van der Waals surface area contributed by atoms with E-state index in [1.54, 1.807) is 17.3 Å².